The van der Waals surface area contributed by atoms with E-state index in [9.17, 15) is 0 Å². The number of aliphatic hydroxyl groups is 1. The molecule has 0 bridgehead atoms. The van der Waals surface area contributed by atoms with Crippen molar-refractivity contribution in [2.75, 3.05) is 13.7 Å². The SMILES string of the molecule is COc1cc2c(cc1CNC(CCO)C(C)C)OC(C)C2. The Balaban J connectivity index is 2.11. The van der Waals surface area contributed by atoms with Crippen molar-refractivity contribution in [2.24, 2.45) is 5.92 Å². The van der Waals surface area contributed by atoms with Gasteiger partial charge in [0.25, 0.3) is 0 Å². The van der Waals surface area contributed by atoms with Crippen LogP contribution in [0.4, 0.5) is 0 Å². The zero-order valence-corrected chi connectivity index (χ0v) is 13.5. The van der Waals surface area contributed by atoms with Gasteiger partial charge in [-0.3, -0.25) is 0 Å². The van der Waals surface area contributed by atoms with E-state index in [1.807, 2.05) is 0 Å². The van der Waals surface area contributed by atoms with Crippen molar-refractivity contribution in [3.63, 3.8) is 0 Å². The van der Waals surface area contributed by atoms with E-state index < -0.39 is 0 Å². The van der Waals surface area contributed by atoms with Gasteiger partial charge >= 0.3 is 0 Å². The second kappa shape index (κ2) is 7.14. The van der Waals surface area contributed by atoms with Gasteiger partial charge in [0.05, 0.1) is 7.11 Å². The van der Waals surface area contributed by atoms with Crippen molar-refractivity contribution in [1.29, 1.82) is 0 Å². The number of hydrogen-bond acceptors (Lipinski definition) is 4. The number of rotatable bonds is 7. The molecule has 4 nitrogen and oxygen atoms in total. The zero-order chi connectivity index (χ0) is 15.4. The molecule has 118 valence electrons. The van der Waals surface area contributed by atoms with Gasteiger partial charge in [-0.05, 0) is 31.4 Å². The molecule has 2 N–H and O–H groups in total. The predicted molar refractivity (Wildman–Crippen MR) is 84.0 cm³/mol. The van der Waals surface area contributed by atoms with E-state index in [0.717, 1.165) is 36.4 Å². The van der Waals surface area contributed by atoms with Crippen molar-refractivity contribution in [1.82, 2.24) is 5.32 Å². The van der Waals surface area contributed by atoms with Gasteiger partial charge in [0.1, 0.15) is 17.6 Å². The number of benzene rings is 1. The molecule has 2 unspecified atom stereocenters. The predicted octanol–water partition coefficient (Wildman–Crippen LogP) is 2.52. The highest BCUT2D eigenvalue weighted by molar-refractivity contribution is 5.48. The molecule has 1 aromatic carbocycles. The van der Waals surface area contributed by atoms with E-state index >= 15 is 0 Å². The van der Waals surface area contributed by atoms with E-state index in [1.54, 1.807) is 7.11 Å². The van der Waals surface area contributed by atoms with Crippen molar-refractivity contribution in [3.8, 4) is 11.5 Å². The summed E-state index contributed by atoms with van der Waals surface area (Å²) in [6.45, 7) is 7.34. The van der Waals surface area contributed by atoms with Gasteiger partial charge in [-0.25, -0.2) is 0 Å². The highest BCUT2D eigenvalue weighted by Crippen LogP contribution is 2.35. The average molecular weight is 293 g/mol. The lowest BCUT2D eigenvalue weighted by atomic mass is 10.0. The number of nitrogens with one attached hydrogen (secondary N) is 1. The van der Waals surface area contributed by atoms with Crippen LogP contribution < -0.4 is 14.8 Å². The van der Waals surface area contributed by atoms with Crippen LogP contribution in [0.3, 0.4) is 0 Å². The minimum atomic E-state index is 0.206. The Morgan fingerprint density at radius 3 is 2.81 bits per heavy atom. The molecule has 0 saturated carbocycles. The highest BCUT2D eigenvalue weighted by Gasteiger charge is 2.22. The highest BCUT2D eigenvalue weighted by atomic mass is 16.5. The Bertz CT molecular complexity index is 473. The first-order valence-corrected chi connectivity index (χ1v) is 7.75. The summed E-state index contributed by atoms with van der Waals surface area (Å²) < 4.78 is 11.3. The van der Waals surface area contributed by atoms with Crippen LogP contribution in [0.2, 0.25) is 0 Å². The first kappa shape index (κ1) is 16.1. The quantitative estimate of drug-likeness (QED) is 0.811. The first-order valence-electron chi connectivity index (χ1n) is 7.75. The summed E-state index contributed by atoms with van der Waals surface area (Å²) in [7, 11) is 1.71. The lowest BCUT2D eigenvalue weighted by Gasteiger charge is -2.22. The number of aliphatic hydroxyl groups excluding tert-OH is 1. The molecular formula is C17H27NO3. The van der Waals surface area contributed by atoms with Gasteiger partial charge in [-0.15, -0.1) is 0 Å². The van der Waals surface area contributed by atoms with Crippen LogP contribution in [0.25, 0.3) is 0 Å². The molecule has 1 heterocycles. The van der Waals surface area contributed by atoms with Crippen molar-refractivity contribution in [3.05, 3.63) is 23.3 Å². The molecule has 0 aliphatic carbocycles. The van der Waals surface area contributed by atoms with E-state index in [-0.39, 0.29) is 12.7 Å². The second-order valence-electron chi connectivity index (χ2n) is 6.15. The molecule has 1 aliphatic rings. The third-order valence-corrected chi connectivity index (χ3v) is 4.10. The van der Waals surface area contributed by atoms with Gasteiger partial charge in [0.15, 0.2) is 0 Å². The van der Waals surface area contributed by atoms with Crippen molar-refractivity contribution in [2.45, 2.75) is 52.3 Å². The van der Waals surface area contributed by atoms with Crippen LogP contribution in [0.5, 0.6) is 11.5 Å². The smallest absolute Gasteiger partial charge is 0.123 e. The van der Waals surface area contributed by atoms with Crippen LogP contribution in [-0.2, 0) is 13.0 Å². The summed E-state index contributed by atoms with van der Waals surface area (Å²) in [4.78, 5) is 0. The maximum Gasteiger partial charge on any atom is 0.123 e. The van der Waals surface area contributed by atoms with Crippen LogP contribution in [0, 0.1) is 5.92 Å². The molecule has 0 radical (unpaired) electrons. The monoisotopic (exact) mass is 293 g/mol. The molecule has 21 heavy (non-hydrogen) atoms. The van der Waals surface area contributed by atoms with E-state index in [1.165, 1.54) is 5.56 Å². The summed E-state index contributed by atoms with van der Waals surface area (Å²) in [5.74, 6) is 2.36. The Kier molecular flexibility index (Phi) is 5.48. The van der Waals surface area contributed by atoms with Gasteiger partial charge < -0.3 is 19.9 Å². The molecule has 2 rings (SSSR count). The van der Waals surface area contributed by atoms with Crippen molar-refractivity contribution < 1.29 is 14.6 Å². The van der Waals surface area contributed by atoms with Gasteiger partial charge in [0.2, 0.25) is 0 Å². The van der Waals surface area contributed by atoms with Gasteiger partial charge in [-0.1, -0.05) is 13.8 Å². The Hall–Kier alpha value is -1.26. The molecular weight excluding hydrogens is 266 g/mol. The summed E-state index contributed by atoms with van der Waals surface area (Å²) in [6.07, 6.45) is 1.95. The maximum atomic E-state index is 9.15. The molecule has 2 atom stereocenters. The standard InChI is InChI=1S/C17H27NO3/c1-11(2)15(5-6-19)18-10-14-9-17-13(7-12(3)21-17)8-16(14)20-4/h8-9,11-12,15,18-19H,5-7,10H2,1-4H3. The van der Waals surface area contributed by atoms with E-state index in [0.29, 0.717) is 12.0 Å². The third kappa shape index (κ3) is 3.89. The maximum absolute atomic E-state index is 9.15. The lowest BCUT2D eigenvalue weighted by Crippen LogP contribution is -2.34. The van der Waals surface area contributed by atoms with Gasteiger partial charge in [0, 0.05) is 36.7 Å². The molecule has 0 amide bonds. The lowest BCUT2D eigenvalue weighted by molar-refractivity contribution is 0.243. The van der Waals surface area contributed by atoms with E-state index in [2.05, 4.69) is 38.2 Å². The fraction of sp³-hybridized carbons (Fsp3) is 0.647. The number of fused-ring (bicyclic) bond motifs is 1. The van der Waals surface area contributed by atoms with Crippen LogP contribution >= 0.6 is 0 Å². The number of methoxy groups -OCH3 is 1. The molecule has 0 spiro atoms. The topological polar surface area (TPSA) is 50.7 Å². The number of hydrogen-bond donors (Lipinski definition) is 2. The van der Waals surface area contributed by atoms with Crippen LogP contribution in [-0.4, -0.2) is 31.0 Å². The summed E-state index contributed by atoms with van der Waals surface area (Å²) >= 11 is 0. The normalized spacial score (nSPS) is 18.5. The Morgan fingerprint density at radius 2 is 2.19 bits per heavy atom. The van der Waals surface area contributed by atoms with E-state index in [4.69, 9.17) is 14.6 Å². The molecule has 4 heteroatoms. The largest absolute Gasteiger partial charge is 0.496 e. The first-order chi connectivity index (χ1) is 10.0. The summed E-state index contributed by atoms with van der Waals surface area (Å²) in [5, 5.41) is 12.7. The molecule has 0 aromatic heterocycles. The minimum Gasteiger partial charge on any atom is -0.496 e. The van der Waals surface area contributed by atoms with Crippen molar-refractivity contribution >= 4 is 0 Å². The Morgan fingerprint density at radius 1 is 1.43 bits per heavy atom. The van der Waals surface area contributed by atoms with Gasteiger partial charge in [-0.2, -0.15) is 0 Å². The minimum absolute atomic E-state index is 0.206. The third-order valence-electron chi connectivity index (χ3n) is 4.10. The zero-order valence-electron chi connectivity index (χ0n) is 13.5. The Labute approximate surface area is 127 Å². The molecule has 1 aromatic rings. The summed E-state index contributed by atoms with van der Waals surface area (Å²) in [6, 6.07) is 4.47. The average Bonchev–Trinajstić information content (AvgIpc) is 2.80. The molecule has 0 saturated heterocycles. The number of ether oxygens (including phenoxy) is 2. The fourth-order valence-corrected chi connectivity index (χ4v) is 2.86. The van der Waals surface area contributed by atoms with Crippen LogP contribution in [0.1, 0.15) is 38.3 Å². The fourth-order valence-electron chi connectivity index (χ4n) is 2.86. The molecule has 1 aliphatic heterocycles. The second-order valence-corrected chi connectivity index (χ2v) is 6.15. The van der Waals surface area contributed by atoms with Crippen LogP contribution in [0.15, 0.2) is 12.1 Å². The molecule has 0 fully saturated rings. The summed E-state index contributed by atoms with van der Waals surface area (Å²) in [5.41, 5.74) is 2.33.